The largest absolute Gasteiger partial charge is 0.506 e. The number of carbonyl (C=O) groups is 1. The lowest BCUT2D eigenvalue weighted by atomic mass is 9.61. The number of rotatable bonds is 14. The van der Waals surface area contributed by atoms with Crippen LogP contribution in [0.15, 0.2) is 95.1 Å². The first-order valence-corrected chi connectivity index (χ1v) is 22.3. The van der Waals surface area contributed by atoms with Crippen LogP contribution >= 0.6 is 22.7 Å². The Morgan fingerprint density at radius 2 is 1.83 bits per heavy atom. The van der Waals surface area contributed by atoms with Crippen molar-refractivity contribution < 1.29 is 24.9 Å². The summed E-state index contributed by atoms with van der Waals surface area (Å²) in [5, 5.41) is 48.4. The molecule has 308 valence electrons. The number of likely N-dealkylation sites (tertiary alicyclic amines) is 1. The van der Waals surface area contributed by atoms with Gasteiger partial charge in [0, 0.05) is 54.5 Å². The van der Waals surface area contributed by atoms with Crippen molar-refractivity contribution in [1.82, 2.24) is 30.2 Å². The Hall–Kier alpha value is -5.22. The van der Waals surface area contributed by atoms with Gasteiger partial charge in [-0.2, -0.15) is 0 Å². The number of aromatic hydroxyl groups is 1. The molecule has 0 radical (unpaired) electrons. The molecule has 5 N–H and O–H groups in total. The molecule has 2 atom stereocenters. The predicted molar refractivity (Wildman–Crippen MR) is 232 cm³/mol. The van der Waals surface area contributed by atoms with Gasteiger partial charge in [-0.25, -0.2) is 9.48 Å². The number of thiophene rings is 2. The Balaban J connectivity index is 0.720. The van der Waals surface area contributed by atoms with Gasteiger partial charge in [0.1, 0.15) is 17.4 Å². The van der Waals surface area contributed by atoms with Crippen molar-refractivity contribution in [1.29, 1.82) is 0 Å². The zero-order valence-electron chi connectivity index (χ0n) is 33.0. The van der Waals surface area contributed by atoms with Crippen LogP contribution in [0.4, 0.5) is 0 Å². The number of fused-ring (bicyclic) bond motifs is 4. The van der Waals surface area contributed by atoms with E-state index >= 15 is 0 Å². The number of ether oxygens (including phenoxy) is 1. The number of H-pyrrole nitrogens is 1. The second kappa shape index (κ2) is 15.7. The Morgan fingerprint density at radius 3 is 2.65 bits per heavy atom. The maximum atomic E-state index is 13.8. The SMILES string of the molecule is O=C(OC1CC2(C1)CN(CCCn1nnc3cc(CNC[C@H](O)c4ccc(O)c5[nH]c(=O)ccc45)c4c(c31)CCC4)C2)C(O)(c1cccs1)c1ccc(-c2ccccc2)s1. The Morgan fingerprint density at radius 1 is 1.00 bits per heavy atom. The highest BCUT2D eigenvalue weighted by molar-refractivity contribution is 7.16. The molecule has 3 aromatic carbocycles. The number of aromatic amines is 1. The van der Waals surface area contributed by atoms with Crippen LogP contribution in [0, 0.1) is 5.41 Å². The lowest BCUT2D eigenvalue weighted by Gasteiger charge is -2.58. The van der Waals surface area contributed by atoms with E-state index in [1.807, 2.05) is 53.9 Å². The zero-order chi connectivity index (χ0) is 41.0. The van der Waals surface area contributed by atoms with Crippen molar-refractivity contribution in [2.45, 2.75) is 69.4 Å². The highest BCUT2D eigenvalue weighted by atomic mass is 32.1. The van der Waals surface area contributed by atoms with Gasteiger partial charge in [-0.3, -0.25) is 4.79 Å². The molecule has 0 bridgehead atoms. The van der Waals surface area contributed by atoms with E-state index in [0.717, 1.165) is 86.2 Å². The molecule has 3 aliphatic rings. The molecule has 1 spiro atoms. The monoisotopic (exact) mass is 842 g/mol. The molecule has 1 unspecified atom stereocenters. The molecular formula is C46H46N6O6S2. The maximum absolute atomic E-state index is 13.8. The number of nitrogens with zero attached hydrogens (tertiary/aromatic N) is 4. The second-order valence-electron chi connectivity index (χ2n) is 16.7. The minimum Gasteiger partial charge on any atom is -0.506 e. The van der Waals surface area contributed by atoms with Gasteiger partial charge in [0.25, 0.3) is 0 Å². The van der Waals surface area contributed by atoms with Gasteiger partial charge < -0.3 is 35.3 Å². The zero-order valence-corrected chi connectivity index (χ0v) is 34.6. The van der Waals surface area contributed by atoms with Crippen molar-refractivity contribution in [3.63, 3.8) is 0 Å². The molecule has 1 aliphatic heterocycles. The first-order valence-electron chi connectivity index (χ1n) is 20.6. The number of aliphatic hydroxyl groups is 2. The fraction of sp³-hybridized carbons (Fsp3) is 0.348. The number of hydrogen-bond donors (Lipinski definition) is 5. The highest BCUT2D eigenvalue weighted by Crippen LogP contribution is 2.51. The van der Waals surface area contributed by atoms with Crippen LogP contribution in [0.1, 0.15) is 63.8 Å². The summed E-state index contributed by atoms with van der Waals surface area (Å²) in [7, 11) is 0. The molecule has 1 saturated carbocycles. The van der Waals surface area contributed by atoms with Crippen LogP contribution < -0.4 is 10.9 Å². The lowest BCUT2D eigenvalue weighted by Crippen LogP contribution is -2.64. The average Bonchev–Trinajstić information content (AvgIpc) is 4.07. The number of phenolic OH excluding ortho intramolecular Hbond substituents is 1. The van der Waals surface area contributed by atoms with Crippen LogP contribution in [0.2, 0.25) is 0 Å². The number of aliphatic hydroxyl groups excluding tert-OH is 1. The van der Waals surface area contributed by atoms with Gasteiger partial charge in [-0.1, -0.05) is 47.7 Å². The second-order valence-corrected chi connectivity index (χ2v) is 18.7. The van der Waals surface area contributed by atoms with E-state index in [9.17, 15) is 24.9 Å². The third-order valence-electron chi connectivity index (χ3n) is 12.6. The topological polar surface area (TPSA) is 166 Å². The number of benzene rings is 3. The highest BCUT2D eigenvalue weighted by Gasteiger charge is 2.55. The van der Waals surface area contributed by atoms with Gasteiger partial charge in [0.15, 0.2) is 0 Å². The fourth-order valence-electron chi connectivity index (χ4n) is 9.75. The molecule has 7 aromatic rings. The van der Waals surface area contributed by atoms with Crippen LogP contribution in [0.5, 0.6) is 5.75 Å². The first-order chi connectivity index (χ1) is 29.2. The van der Waals surface area contributed by atoms with Crippen LogP contribution in [-0.2, 0) is 41.1 Å². The number of nitrogens with one attached hydrogen (secondary N) is 2. The molecule has 1 saturated heterocycles. The Bertz CT molecular complexity index is 2750. The van der Waals surface area contributed by atoms with E-state index in [4.69, 9.17) is 4.74 Å². The fourth-order valence-corrected chi connectivity index (χ4v) is 11.7. The third kappa shape index (κ3) is 7.04. The maximum Gasteiger partial charge on any atom is 0.349 e. The molecule has 2 fully saturated rings. The first kappa shape index (κ1) is 38.9. The van der Waals surface area contributed by atoms with Gasteiger partial charge in [0.2, 0.25) is 11.2 Å². The van der Waals surface area contributed by atoms with Crippen molar-refractivity contribution in [3.8, 4) is 16.2 Å². The molecule has 2 aliphatic carbocycles. The molecule has 12 nitrogen and oxygen atoms in total. The number of pyridine rings is 1. The summed E-state index contributed by atoms with van der Waals surface area (Å²) < 4.78 is 8.12. The molecular weight excluding hydrogens is 797 g/mol. The van der Waals surface area contributed by atoms with Crippen molar-refractivity contribution in [3.05, 3.63) is 133 Å². The molecule has 5 heterocycles. The molecule has 4 aromatic heterocycles. The quantitative estimate of drug-likeness (QED) is 0.0773. The van der Waals surface area contributed by atoms with Crippen molar-refractivity contribution in [2.75, 3.05) is 26.2 Å². The van der Waals surface area contributed by atoms with E-state index in [0.29, 0.717) is 39.3 Å². The molecule has 60 heavy (non-hydrogen) atoms. The number of hydrogen-bond acceptors (Lipinski definition) is 12. The van der Waals surface area contributed by atoms with Gasteiger partial charge in [-0.05, 0) is 115 Å². The summed E-state index contributed by atoms with van der Waals surface area (Å²) in [5.41, 5.74) is 5.85. The minimum absolute atomic E-state index is 0.0318. The summed E-state index contributed by atoms with van der Waals surface area (Å²) in [5.74, 6) is -0.633. The average molecular weight is 843 g/mol. The minimum atomic E-state index is -1.84. The van der Waals surface area contributed by atoms with Gasteiger partial charge in [-0.15, -0.1) is 27.8 Å². The number of aryl methyl sites for hydroxylation is 2. The van der Waals surface area contributed by atoms with Crippen LogP contribution in [0.3, 0.4) is 0 Å². The standard InChI is InChI=1S/C46H46N6O6S2/c53-36-14-12-32(33-13-17-41(55)48-42(33)36)37(54)25-47-24-29-21-35-43(34-10-4-9-31(29)34)52(50-49-35)19-6-18-51-26-45(27-51)22-30(23-45)58-44(56)46(57,39-11-5-20-59-39)40-16-15-38(60-40)28-7-2-1-3-8-28/h1-3,5,7-8,11-17,20-21,30,37,47,53-54,57H,4,6,9-10,18-19,22-27H2,(H,48,55)/t37-,46?/m0/s1. The van der Waals surface area contributed by atoms with E-state index in [2.05, 4.69) is 36.3 Å². The van der Waals surface area contributed by atoms with Crippen molar-refractivity contribution >= 4 is 50.6 Å². The Kier molecular flexibility index (Phi) is 10.2. The smallest absolute Gasteiger partial charge is 0.349 e. The Labute approximate surface area is 354 Å². The summed E-state index contributed by atoms with van der Waals surface area (Å²) in [4.78, 5) is 32.9. The molecule has 0 amide bonds. The summed E-state index contributed by atoms with van der Waals surface area (Å²) in [6.45, 7) is 4.55. The molecule has 14 heteroatoms. The normalized spacial score (nSPS) is 17.7. The third-order valence-corrected chi connectivity index (χ3v) is 14.9. The summed E-state index contributed by atoms with van der Waals surface area (Å²) >= 11 is 2.78. The molecule has 10 rings (SSSR count). The van der Waals surface area contributed by atoms with Gasteiger partial charge in [0.05, 0.1) is 26.9 Å². The van der Waals surface area contributed by atoms with E-state index < -0.39 is 17.7 Å². The lowest BCUT2D eigenvalue weighted by molar-refractivity contribution is -0.191. The predicted octanol–water partition coefficient (Wildman–Crippen LogP) is 6.41. The summed E-state index contributed by atoms with van der Waals surface area (Å²) in [6, 6.07) is 25.8. The van der Waals surface area contributed by atoms with E-state index in [1.165, 1.54) is 51.5 Å². The van der Waals surface area contributed by atoms with Gasteiger partial charge >= 0.3 is 5.97 Å². The van der Waals surface area contributed by atoms with Crippen LogP contribution in [0.25, 0.3) is 32.4 Å². The number of aromatic nitrogens is 4. The number of esters is 1. The van der Waals surface area contributed by atoms with E-state index in [-0.39, 0.29) is 22.8 Å². The van der Waals surface area contributed by atoms with Crippen LogP contribution in [-0.4, -0.2) is 78.4 Å². The number of phenols is 1. The van der Waals surface area contributed by atoms with E-state index in [1.54, 1.807) is 18.2 Å². The van der Waals surface area contributed by atoms with Crippen molar-refractivity contribution in [2.24, 2.45) is 5.41 Å². The number of carbonyl (C=O) groups excluding carboxylic acids is 1. The summed E-state index contributed by atoms with van der Waals surface area (Å²) in [6.07, 6.45) is 4.58.